The molecule has 1 aliphatic rings. The van der Waals surface area contributed by atoms with Gasteiger partial charge >= 0.3 is 0 Å². The molecule has 1 aromatic heterocycles. The van der Waals surface area contributed by atoms with E-state index >= 15 is 0 Å². The average molecular weight is 408 g/mol. The van der Waals surface area contributed by atoms with Gasteiger partial charge in [0.1, 0.15) is 17.3 Å². The number of ether oxygens (including phenoxy) is 1. The lowest BCUT2D eigenvalue weighted by molar-refractivity contribution is -0.123. The van der Waals surface area contributed by atoms with Crippen molar-refractivity contribution in [1.82, 2.24) is 14.7 Å². The van der Waals surface area contributed by atoms with Crippen LogP contribution in [0.4, 0.5) is 4.39 Å². The second-order valence-electron chi connectivity index (χ2n) is 7.61. The maximum absolute atomic E-state index is 14.9. The van der Waals surface area contributed by atoms with Crippen LogP contribution in [-0.4, -0.2) is 40.8 Å². The Morgan fingerprint density at radius 2 is 2.07 bits per heavy atom. The van der Waals surface area contributed by atoms with Gasteiger partial charge < -0.3 is 10.5 Å². The molecule has 0 aliphatic carbocycles. The number of para-hydroxylation sites is 1. The number of nitrogens with two attached hydrogens (primary N) is 1. The Morgan fingerprint density at radius 3 is 2.77 bits per heavy atom. The lowest BCUT2D eigenvalue weighted by Crippen LogP contribution is -2.40. The summed E-state index contributed by atoms with van der Waals surface area (Å²) in [4.78, 5) is 13.8. The predicted octanol–water partition coefficient (Wildman–Crippen LogP) is 3.38. The van der Waals surface area contributed by atoms with Crippen LogP contribution in [0.1, 0.15) is 18.4 Å². The van der Waals surface area contributed by atoms with E-state index in [-0.39, 0.29) is 17.6 Å². The summed E-state index contributed by atoms with van der Waals surface area (Å²) in [5.41, 5.74) is 8.32. The summed E-state index contributed by atoms with van der Waals surface area (Å²) in [6.45, 7) is 2.04. The number of nitrogens with zero attached hydrogens (tertiary/aromatic N) is 3. The number of amides is 1. The zero-order chi connectivity index (χ0) is 21.1. The van der Waals surface area contributed by atoms with Crippen LogP contribution in [0.2, 0.25) is 0 Å². The van der Waals surface area contributed by atoms with Crippen molar-refractivity contribution in [1.29, 1.82) is 0 Å². The molecule has 0 spiro atoms. The first-order valence-electron chi connectivity index (χ1n) is 10.0. The van der Waals surface area contributed by atoms with Crippen molar-refractivity contribution in [2.24, 2.45) is 11.7 Å². The van der Waals surface area contributed by atoms with E-state index in [1.807, 2.05) is 36.5 Å². The van der Waals surface area contributed by atoms with Gasteiger partial charge in [-0.2, -0.15) is 5.10 Å². The number of rotatable bonds is 6. The highest BCUT2D eigenvalue weighted by atomic mass is 19.1. The molecule has 3 aromatic rings. The number of aromatic nitrogens is 2. The summed E-state index contributed by atoms with van der Waals surface area (Å²) in [7, 11) is 1.51. The van der Waals surface area contributed by atoms with Crippen LogP contribution in [0.15, 0.2) is 54.7 Å². The molecule has 1 aliphatic heterocycles. The largest absolute Gasteiger partial charge is 0.497 e. The van der Waals surface area contributed by atoms with Gasteiger partial charge in [-0.05, 0) is 43.7 Å². The molecule has 0 bridgehead atoms. The fraction of sp³-hybridized carbons (Fsp3) is 0.304. The van der Waals surface area contributed by atoms with Gasteiger partial charge in [-0.25, -0.2) is 9.07 Å². The van der Waals surface area contributed by atoms with E-state index in [0.29, 0.717) is 30.1 Å². The fourth-order valence-corrected chi connectivity index (χ4v) is 3.95. The smallest absolute Gasteiger partial charge is 0.221 e. The topological polar surface area (TPSA) is 73.4 Å². The summed E-state index contributed by atoms with van der Waals surface area (Å²) in [6.07, 6.45) is 3.66. The maximum Gasteiger partial charge on any atom is 0.221 e. The molecule has 2 aromatic carbocycles. The monoisotopic (exact) mass is 408 g/mol. The summed E-state index contributed by atoms with van der Waals surface area (Å²) in [5.74, 6) is -0.339. The molecular formula is C23H25FN4O2. The van der Waals surface area contributed by atoms with Crippen LogP contribution in [0.3, 0.4) is 0 Å². The average Bonchev–Trinajstić information content (AvgIpc) is 3.17. The molecule has 2 heterocycles. The van der Waals surface area contributed by atoms with Gasteiger partial charge in [0, 0.05) is 36.5 Å². The molecule has 4 rings (SSSR count). The SMILES string of the molecule is COc1ccc(-c2nn(-c3ccccc3)cc2CN2CCCC(C(N)=O)C2)c(F)c1. The van der Waals surface area contributed by atoms with E-state index in [9.17, 15) is 9.18 Å². The second-order valence-corrected chi connectivity index (χ2v) is 7.61. The van der Waals surface area contributed by atoms with Crippen molar-refractivity contribution < 1.29 is 13.9 Å². The van der Waals surface area contributed by atoms with Gasteiger partial charge in [-0.1, -0.05) is 18.2 Å². The van der Waals surface area contributed by atoms with Gasteiger partial charge in [0.15, 0.2) is 0 Å². The zero-order valence-corrected chi connectivity index (χ0v) is 16.9. The predicted molar refractivity (Wildman–Crippen MR) is 113 cm³/mol. The summed E-state index contributed by atoms with van der Waals surface area (Å²) in [6, 6.07) is 14.5. The Morgan fingerprint density at radius 1 is 1.27 bits per heavy atom. The van der Waals surface area contributed by atoms with Gasteiger partial charge in [0.2, 0.25) is 5.91 Å². The molecule has 1 atom stereocenters. The van der Waals surface area contributed by atoms with E-state index in [1.165, 1.54) is 13.2 Å². The molecule has 0 radical (unpaired) electrons. The van der Waals surface area contributed by atoms with Crippen LogP contribution < -0.4 is 10.5 Å². The molecule has 1 saturated heterocycles. The number of hydrogen-bond acceptors (Lipinski definition) is 4. The van der Waals surface area contributed by atoms with Crippen molar-refractivity contribution >= 4 is 5.91 Å². The number of hydrogen-bond donors (Lipinski definition) is 1. The number of methoxy groups -OCH3 is 1. The van der Waals surface area contributed by atoms with Crippen molar-refractivity contribution in [3.8, 4) is 22.7 Å². The molecule has 1 amide bonds. The van der Waals surface area contributed by atoms with E-state index in [4.69, 9.17) is 15.6 Å². The number of carbonyl (C=O) groups is 1. The lowest BCUT2D eigenvalue weighted by Gasteiger charge is -2.31. The van der Waals surface area contributed by atoms with Crippen molar-refractivity contribution in [2.75, 3.05) is 20.2 Å². The Balaban J connectivity index is 1.71. The Hall–Kier alpha value is -3.19. The summed E-state index contributed by atoms with van der Waals surface area (Å²) < 4.78 is 21.8. The van der Waals surface area contributed by atoms with Crippen LogP contribution >= 0.6 is 0 Å². The third kappa shape index (κ3) is 4.21. The number of piperidine rings is 1. The molecule has 1 unspecified atom stereocenters. The van der Waals surface area contributed by atoms with Gasteiger partial charge in [0.25, 0.3) is 0 Å². The number of primary amides is 1. The van der Waals surface area contributed by atoms with Gasteiger partial charge in [-0.15, -0.1) is 0 Å². The van der Waals surface area contributed by atoms with Crippen LogP contribution in [0, 0.1) is 11.7 Å². The zero-order valence-electron chi connectivity index (χ0n) is 16.9. The first kappa shape index (κ1) is 20.1. The number of carbonyl (C=O) groups excluding carboxylic acids is 1. The minimum Gasteiger partial charge on any atom is -0.497 e. The molecular weight excluding hydrogens is 383 g/mol. The van der Waals surface area contributed by atoms with E-state index in [2.05, 4.69) is 4.90 Å². The van der Waals surface area contributed by atoms with Gasteiger partial charge in [0.05, 0.1) is 18.7 Å². The van der Waals surface area contributed by atoms with Crippen LogP contribution in [-0.2, 0) is 11.3 Å². The highest BCUT2D eigenvalue weighted by molar-refractivity contribution is 5.77. The van der Waals surface area contributed by atoms with Crippen molar-refractivity contribution in [3.05, 3.63) is 66.1 Å². The van der Waals surface area contributed by atoms with Crippen LogP contribution in [0.5, 0.6) is 5.75 Å². The van der Waals surface area contributed by atoms with Crippen molar-refractivity contribution in [2.45, 2.75) is 19.4 Å². The first-order valence-corrected chi connectivity index (χ1v) is 10.0. The summed E-state index contributed by atoms with van der Waals surface area (Å²) >= 11 is 0. The Kier molecular flexibility index (Phi) is 5.81. The molecule has 1 fully saturated rings. The quantitative estimate of drug-likeness (QED) is 0.679. The highest BCUT2D eigenvalue weighted by Crippen LogP contribution is 2.30. The molecule has 2 N–H and O–H groups in total. The number of benzene rings is 2. The molecule has 6 nitrogen and oxygen atoms in total. The lowest BCUT2D eigenvalue weighted by atomic mass is 9.97. The highest BCUT2D eigenvalue weighted by Gasteiger charge is 2.26. The maximum atomic E-state index is 14.9. The van der Waals surface area contributed by atoms with Crippen LogP contribution in [0.25, 0.3) is 16.9 Å². The standard InChI is InChI=1S/C23H25FN4O2/c1-30-19-9-10-20(21(24)12-19)22-17(14-27-11-5-6-16(13-27)23(25)29)15-28(26-22)18-7-3-2-4-8-18/h2-4,7-10,12,15-16H,5-6,11,13-14H2,1H3,(H2,25,29). The number of likely N-dealkylation sites (tertiary alicyclic amines) is 1. The second kappa shape index (κ2) is 8.67. The van der Waals surface area contributed by atoms with E-state index in [1.54, 1.807) is 16.8 Å². The molecule has 156 valence electrons. The minimum absolute atomic E-state index is 0.149. The third-order valence-electron chi connectivity index (χ3n) is 5.54. The first-order chi connectivity index (χ1) is 14.5. The fourth-order valence-electron chi connectivity index (χ4n) is 3.95. The van der Waals surface area contributed by atoms with Crippen molar-refractivity contribution in [3.63, 3.8) is 0 Å². The normalized spacial score (nSPS) is 17.1. The van der Waals surface area contributed by atoms with E-state index in [0.717, 1.165) is 30.6 Å². The molecule has 7 heteroatoms. The molecule has 30 heavy (non-hydrogen) atoms. The summed E-state index contributed by atoms with van der Waals surface area (Å²) in [5, 5.41) is 4.70. The number of halogens is 1. The Labute approximate surface area is 175 Å². The Bertz CT molecular complexity index is 1030. The molecule has 0 saturated carbocycles. The van der Waals surface area contributed by atoms with Gasteiger partial charge in [-0.3, -0.25) is 9.69 Å². The minimum atomic E-state index is -0.387. The van der Waals surface area contributed by atoms with E-state index < -0.39 is 0 Å². The third-order valence-corrected chi connectivity index (χ3v) is 5.54.